The van der Waals surface area contributed by atoms with Crippen molar-refractivity contribution in [3.8, 4) is 28.5 Å². The van der Waals surface area contributed by atoms with E-state index in [2.05, 4.69) is 4.98 Å². The fourth-order valence-corrected chi connectivity index (χ4v) is 3.78. The summed E-state index contributed by atoms with van der Waals surface area (Å²) < 4.78 is 27.4. The van der Waals surface area contributed by atoms with Crippen molar-refractivity contribution in [2.75, 3.05) is 20.0 Å². The molecule has 0 saturated heterocycles. The van der Waals surface area contributed by atoms with E-state index in [0.29, 0.717) is 44.6 Å². The molecule has 0 atom stereocenters. The summed E-state index contributed by atoms with van der Waals surface area (Å²) in [5.41, 5.74) is 9.23. The second kappa shape index (κ2) is 6.52. The summed E-state index contributed by atoms with van der Waals surface area (Å²) in [6.07, 6.45) is 7.29. The molecule has 30 heavy (non-hydrogen) atoms. The molecule has 0 amide bonds. The van der Waals surface area contributed by atoms with Gasteiger partial charge < -0.3 is 20.3 Å². The first-order chi connectivity index (χ1) is 14.5. The first kappa shape index (κ1) is 18.1. The summed E-state index contributed by atoms with van der Waals surface area (Å²) in [6, 6.07) is 8.06. The van der Waals surface area contributed by atoms with Crippen LogP contribution in [0.3, 0.4) is 0 Å². The van der Waals surface area contributed by atoms with E-state index in [1.165, 1.54) is 13.2 Å². The number of nitrogen functional groups attached to an aromatic ring is 1. The second-order valence-electron chi connectivity index (χ2n) is 6.94. The zero-order valence-electron chi connectivity index (χ0n) is 16.3. The number of pyridine rings is 1. The number of nitrogens with zero attached hydrogens (tertiary/aromatic N) is 2. The van der Waals surface area contributed by atoms with Crippen molar-refractivity contribution in [3.05, 3.63) is 60.6 Å². The number of aromatic hydroxyl groups is 1. The van der Waals surface area contributed by atoms with Gasteiger partial charge in [0, 0.05) is 34.5 Å². The highest BCUT2D eigenvalue weighted by Crippen LogP contribution is 2.43. The molecule has 0 aliphatic heterocycles. The van der Waals surface area contributed by atoms with Gasteiger partial charge in [0.25, 0.3) is 0 Å². The molecule has 1 aliphatic rings. The van der Waals surface area contributed by atoms with Gasteiger partial charge >= 0.3 is 0 Å². The Morgan fingerprint density at radius 3 is 2.60 bits per heavy atom. The third kappa shape index (κ3) is 2.45. The number of benzene rings is 2. The van der Waals surface area contributed by atoms with Crippen LogP contribution in [0.5, 0.6) is 17.4 Å². The lowest BCUT2D eigenvalue weighted by molar-refractivity contribution is 0.395. The molecule has 150 valence electrons. The molecule has 7 heteroatoms. The maximum Gasteiger partial charge on any atom is 0.207 e. The first-order valence-corrected chi connectivity index (χ1v) is 9.26. The van der Waals surface area contributed by atoms with Crippen LogP contribution >= 0.6 is 0 Å². The van der Waals surface area contributed by atoms with Gasteiger partial charge in [0.1, 0.15) is 17.3 Å². The summed E-state index contributed by atoms with van der Waals surface area (Å²) in [7, 11) is 3.06. The molecule has 1 aliphatic carbocycles. The topological polar surface area (TPSA) is 82.5 Å². The zero-order chi connectivity index (χ0) is 21.0. The molecule has 0 unspecified atom stereocenters. The summed E-state index contributed by atoms with van der Waals surface area (Å²) in [6.45, 7) is 0. The number of ether oxygens (including phenoxy) is 2. The minimum absolute atomic E-state index is 0.000373. The standard InChI is InChI=1S/C23H18FN3O3/c1-29-13-6-7-14(18(10-13)30-2)19-16(24)9-8-15-21(25)20-17(26-22(15)19)11-27(23(20)28)12-4-3-5-12/h3-11,28H,25H2,1-2H3. The molecule has 4 aromatic rings. The van der Waals surface area contributed by atoms with Crippen LogP contribution in [-0.2, 0) is 0 Å². The summed E-state index contributed by atoms with van der Waals surface area (Å²) in [4.78, 5) is 4.68. The summed E-state index contributed by atoms with van der Waals surface area (Å²) in [5.74, 6) is 0.590. The van der Waals surface area contributed by atoms with Gasteiger partial charge in [-0.3, -0.25) is 4.57 Å². The molecule has 5 rings (SSSR count). The minimum Gasteiger partial charge on any atom is -0.497 e. The maximum absolute atomic E-state index is 15.1. The van der Waals surface area contributed by atoms with Crippen molar-refractivity contribution in [1.29, 1.82) is 0 Å². The lowest BCUT2D eigenvalue weighted by Gasteiger charge is -2.14. The highest BCUT2D eigenvalue weighted by atomic mass is 19.1. The van der Waals surface area contributed by atoms with Crippen LogP contribution in [0, 0.1) is 5.82 Å². The van der Waals surface area contributed by atoms with E-state index in [4.69, 9.17) is 15.2 Å². The van der Waals surface area contributed by atoms with Crippen molar-refractivity contribution in [1.82, 2.24) is 9.55 Å². The number of aromatic nitrogens is 2. The van der Waals surface area contributed by atoms with Crippen LogP contribution in [0.1, 0.15) is 0 Å². The Balaban J connectivity index is 1.85. The van der Waals surface area contributed by atoms with E-state index >= 15 is 4.39 Å². The Morgan fingerprint density at radius 1 is 1.13 bits per heavy atom. The van der Waals surface area contributed by atoms with Crippen molar-refractivity contribution in [3.63, 3.8) is 0 Å². The van der Waals surface area contributed by atoms with E-state index in [1.54, 1.807) is 42.1 Å². The average molecular weight is 403 g/mol. The zero-order valence-corrected chi connectivity index (χ0v) is 16.3. The molecule has 0 bridgehead atoms. The smallest absolute Gasteiger partial charge is 0.207 e. The van der Waals surface area contributed by atoms with Crippen molar-refractivity contribution in [2.45, 2.75) is 0 Å². The van der Waals surface area contributed by atoms with E-state index in [0.717, 1.165) is 5.70 Å². The van der Waals surface area contributed by atoms with E-state index in [-0.39, 0.29) is 11.4 Å². The first-order valence-electron chi connectivity index (χ1n) is 9.26. The summed E-state index contributed by atoms with van der Waals surface area (Å²) >= 11 is 0. The second-order valence-corrected chi connectivity index (χ2v) is 6.94. The number of methoxy groups -OCH3 is 2. The van der Waals surface area contributed by atoms with Crippen LogP contribution in [0.2, 0.25) is 0 Å². The number of fused-ring (bicyclic) bond motifs is 2. The van der Waals surface area contributed by atoms with Crippen LogP contribution in [0.15, 0.2) is 54.8 Å². The number of halogens is 1. The number of hydrogen-bond donors (Lipinski definition) is 2. The summed E-state index contributed by atoms with van der Waals surface area (Å²) in [5, 5.41) is 11.7. The van der Waals surface area contributed by atoms with Gasteiger partial charge in [-0.2, -0.15) is 0 Å². The minimum atomic E-state index is -0.453. The van der Waals surface area contributed by atoms with Crippen LogP contribution < -0.4 is 15.2 Å². The Morgan fingerprint density at radius 2 is 1.93 bits per heavy atom. The normalized spacial score (nSPS) is 12.8. The lowest BCUT2D eigenvalue weighted by atomic mass is 9.98. The molecule has 0 fully saturated rings. The molecule has 3 N–H and O–H groups in total. The molecule has 0 saturated carbocycles. The highest BCUT2D eigenvalue weighted by molar-refractivity contribution is 6.13. The predicted molar refractivity (Wildman–Crippen MR) is 115 cm³/mol. The Kier molecular flexibility index (Phi) is 3.92. The van der Waals surface area contributed by atoms with Gasteiger partial charge in [0.2, 0.25) is 5.88 Å². The SMILES string of the molecule is COc1ccc(-c2c(F)ccc3c(N)c4c(O)n(C5=CC=C5)cc4nc23)c(OC)c1. The molecular weight excluding hydrogens is 385 g/mol. The van der Waals surface area contributed by atoms with Crippen molar-refractivity contribution in [2.24, 2.45) is 0 Å². The van der Waals surface area contributed by atoms with Gasteiger partial charge in [-0.1, -0.05) is 6.08 Å². The average Bonchev–Trinajstić information content (AvgIpc) is 3.02. The number of anilines is 1. The molecule has 0 spiro atoms. The fraction of sp³-hybridized carbons (Fsp3) is 0.0870. The monoisotopic (exact) mass is 403 g/mol. The van der Waals surface area contributed by atoms with Gasteiger partial charge in [-0.15, -0.1) is 0 Å². The fourth-order valence-electron chi connectivity index (χ4n) is 3.78. The Bertz CT molecular complexity index is 1400. The highest BCUT2D eigenvalue weighted by Gasteiger charge is 2.22. The Labute approximate surface area is 171 Å². The predicted octanol–water partition coefficient (Wildman–Crippen LogP) is 4.71. The largest absolute Gasteiger partial charge is 0.497 e. The maximum atomic E-state index is 15.1. The van der Waals surface area contributed by atoms with Gasteiger partial charge in [-0.25, -0.2) is 9.37 Å². The number of nitrogens with two attached hydrogens (primary N) is 1. The number of allylic oxidation sites excluding steroid dienone is 4. The third-order valence-corrected chi connectivity index (χ3v) is 5.37. The van der Waals surface area contributed by atoms with Crippen LogP contribution in [0.25, 0.3) is 38.6 Å². The van der Waals surface area contributed by atoms with Gasteiger partial charge in [0.05, 0.1) is 36.3 Å². The molecule has 2 aromatic heterocycles. The van der Waals surface area contributed by atoms with E-state index in [1.807, 2.05) is 18.2 Å². The van der Waals surface area contributed by atoms with E-state index < -0.39 is 5.82 Å². The van der Waals surface area contributed by atoms with Crippen molar-refractivity contribution < 1.29 is 19.0 Å². The number of rotatable bonds is 4. The third-order valence-electron chi connectivity index (χ3n) is 5.37. The number of hydrogen-bond acceptors (Lipinski definition) is 5. The van der Waals surface area contributed by atoms with Gasteiger partial charge in [0.15, 0.2) is 0 Å². The van der Waals surface area contributed by atoms with E-state index in [9.17, 15) is 5.11 Å². The lowest BCUT2D eigenvalue weighted by Crippen LogP contribution is -1.97. The van der Waals surface area contributed by atoms with Crippen LogP contribution in [0.4, 0.5) is 10.1 Å². The van der Waals surface area contributed by atoms with Crippen LogP contribution in [-0.4, -0.2) is 28.9 Å². The van der Waals surface area contributed by atoms with Gasteiger partial charge in [-0.05, 0) is 36.4 Å². The molecule has 2 aromatic carbocycles. The Hall–Kier alpha value is -4.00. The molecule has 6 nitrogen and oxygen atoms in total. The quantitative estimate of drug-likeness (QED) is 0.516. The van der Waals surface area contributed by atoms with Crippen molar-refractivity contribution >= 4 is 33.2 Å². The molecular formula is C23H18FN3O3. The molecule has 2 heterocycles. The molecule has 0 radical (unpaired) electrons.